The largest absolute Gasteiger partial charge is 0.441 e. The summed E-state index contributed by atoms with van der Waals surface area (Å²) >= 11 is 0. The summed E-state index contributed by atoms with van der Waals surface area (Å²) in [5, 5.41) is 9.03. The van der Waals surface area contributed by atoms with Gasteiger partial charge in [0.05, 0.1) is 13.2 Å². The second-order valence-corrected chi connectivity index (χ2v) is 7.40. The minimum Gasteiger partial charge on any atom is -0.441 e. The van der Waals surface area contributed by atoms with Crippen LogP contribution in [-0.2, 0) is 17.8 Å². The van der Waals surface area contributed by atoms with Gasteiger partial charge in [-0.1, -0.05) is 0 Å². The van der Waals surface area contributed by atoms with E-state index in [1.54, 1.807) is 4.90 Å². The van der Waals surface area contributed by atoms with Gasteiger partial charge >= 0.3 is 0 Å². The molecule has 1 aromatic heterocycles. The number of aliphatic hydroxyl groups excluding tert-OH is 1. The van der Waals surface area contributed by atoms with Crippen molar-refractivity contribution in [3.05, 3.63) is 41.3 Å². The van der Waals surface area contributed by atoms with Crippen molar-refractivity contribution in [1.29, 1.82) is 0 Å². The molecule has 0 spiro atoms. The van der Waals surface area contributed by atoms with Gasteiger partial charge in [0.1, 0.15) is 23.1 Å². The Bertz CT molecular complexity index is 842. The number of rotatable bonds is 4. The molecule has 0 radical (unpaired) electrons. The molecule has 3 heterocycles. The van der Waals surface area contributed by atoms with Crippen LogP contribution in [-0.4, -0.2) is 58.6 Å². The van der Waals surface area contributed by atoms with Gasteiger partial charge in [0.2, 0.25) is 11.8 Å². The van der Waals surface area contributed by atoms with E-state index in [0.29, 0.717) is 37.5 Å². The molecule has 0 atom stereocenters. The number of amides is 1. The molecule has 6 nitrogen and oxygen atoms in total. The number of oxazole rings is 1. The van der Waals surface area contributed by atoms with E-state index >= 15 is 0 Å². The molecular formula is C20H23F2N3O3. The number of piperidine rings is 1. The van der Waals surface area contributed by atoms with Gasteiger partial charge in [-0.3, -0.25) is 4.79 Å². The predicted octanol–water partition coefficient (Wildman–Crippen LogP) is 2.21. The molecule has 28 heavy (non-hydrogen) atoms. The van der Waals surface area contributed by atoms with Gasteiger partial charge in [0.15, 0.2) is 0 Å². The van der Waals surface area contributed by atoms with E-state index in [1.165, 1.54) is 12.1 Å². The van der Waals surface area contributed by atoms with E-state index in [-0.39, 0.29) is 29.9 Å². The topological polar surface area (TPSA) is 69.8 Å². The molecular weight excluding hydrogens is 368 g/mol. The second-order valence-electron chi connectivity index (χ2n) is 7.40. The van der Waals surface area contributed by atoms with Crippen molar-refractivity contribution >= 4 is 5.91 Å². The molecule has 0 unspecified atom stereocenters. The number of hydrogen-bond acceptors (Lipinski definition) is 5. The van der Waals surface area contributed by atoms with Crippen LogP contribution in [0.1, 0.15) is 24.3 Å². The van der Waals surface area contributed by atoms with Crippen LogP contribution < -0.4 is 0 Å². The lowest BCUT2D eigenvalue weighted by Gasteiger charge is -2.34. The Morgan fingerprint density at radius 3 is 2.57 bits per heavy atom. The molecule has 4 rings (SSSR count). The van der Waals surface area contributed by atoms with Crippen LogP contribution in [0, 0.1) is 17.6 Å². The molecule has 0 saturated carbocycles. The summed E-state index contributed by atoms with van der Waals surface area (Å²) in [6, 6.07) is 3.17. The van der Waals surface area contributed by atoms with Crippen LogP contribution in [0.2, 0.25) is 0 Å². The molecule has 2 aliphatic rings. The molecule has 8 heteroatoms. The average Bonchev–Trinajstić information content (AvgIpc) is 3.11. The monoisotopic (exact) mass is 391 g/mol. The van der Waals surface area contributed by atoms with Crippen LogP contribution in [0.25, 0.3) is 11.5 Å². The normalized spacial score (nSPS) is 18.3. The number of aliphatic hydroxyl groups is 1. The lowest BCUT2D eigenvalue weighted by Crippen LogP contribution is -2.44. The Hall–Kier alpha value is -2.32. The van der Waals surface area contributed by atoms with Crippen LogP contribution in [0.5, 0.6) is 0 Å². The third-order valence-electron chi connectivity index (χ3n) is 5.50. The summed E-state index contributed by atoms with van der Waals surface area (Å²) in [4.78, 5) is 21.2. The van der Waals surface area contributed by atoms with Crippen LogP contribution in [0.3, 0.4) is 0 Å². The minimum atomic E-state index is -0.685. The van der Waals surface area contributed by atoms with Crippen molar-refractivity contribution in [2.45, 2.75) is 25.8 Å². The number of benzene rings is 1. The number of β-amino-alcohol motifs (C(OH)–C–C–N with tert-alkyl or cyclic N) is 1. The third-order valence-corrected chi connectivity index (χ3v) is 5.50. The van der Waals surface area contributed by atoms with Gasteiger partial charge in [-0.25, -0.2) is 13.8 Å². The number of aromatic nitrogens is 1. The Kier molecular flexibility index (Phi) is 5.41. The lowest BCUT2D eigenvalue weighted by molar-refractivity contribution is -0.138. The van der Waals surface area contributed by atoms with Gasteiger partial charge < -0.3 is 19.3 Å². The number of carbonyl (C=O) groups excluding carboxylic acids is 1. The third kappa shape index (κ3) is 3.93. The first-order chi connectivity index (χ1) is 13.5. The van der Waals surface area contributed by atoms with Crippen LogP contribution >= 0.6 is 0 Å². The first-order valence-electron chi connectivity index (χ1n) is 9.60. The lowest BCUT2D eigenvalue weighted by atomic mass is 9.94. The molecule has 0 aliphatic carbocycles. The van der Waals surface area contributed by atoms with Gasteiger partial charge in [-0.2, -0.15) is 0 Å². The first-order valence-corrected chi connectivity index (χ1v) is 9.60. The van der Waals surface area contributed by atoms with E-state index in [0.717, 1.165) is 32.0 Å². The predicted molar refractivity (Wildman–Crippen MR) is 97.2 cm³/mol. The van der Waals surface area contributed by atoms with Crippen molar-refractivity contribution < 1.29 is 23.1 Å². The van der Waals surface area contributed by atoms with E-state index in [4.69, 9.17) is 9.52 Å². The summed E-state index contributed by atoms with van der Waals surface area (Å²) in [7, 11) is 0. The zero-order chi connectivity index (χ0) is 19.7. The molecule has 0 bridgehead atoms. The molecule has 1 aromatic carbocycles. The van der Waals surface area contributed by atoms with E-state index in [1.807, 2.05) is 0 Å². The zero-order valence-electron chi connectivity index (χ0n) is 15.5. The molecule has 2 aromatic rings. The molecule has 150 valence electrons. The Balaban J connectivity index is 1.44. The van der Waals surface area contributed by atoms with Crippen LogP contribution in [0.15, 0.2) is 22.6 Å². The zero-order valence-corrected chi connectivity index (χ0v) is 15.5. The smallest absolute Gasteiger partial charge is 0.226 e. The number of halogens is 2. The SMILES string of the molecule is O=C(C1CCN(CCO)CC1)N1CCc2oc(-c3cc(F)cc(F)c3)nc2C1. The van der Waals surface area contributed by atoms with E-state index in [9.17, 15) is 13.6 Å². The maximum Gasteiger partial charge on any atom is 0.226 e. The molecule has 1 fully saturated rings. The highest BCUT2D eigenvalue weighted by Crippen LogP contribution is 2.29. The number of nitrogens with zero attached hydrogens (tertiary/aromatic N) is 3. The van der Waals surface area contributed by atoms with E-state index < -0.39 is 11.6 Å². The number of carbonyl (C=O) groups is 1. The van der Waals surface area contributed by atoms with Gasteiger partial charge in [0.25, 0.3) is 0 Å². The van der Waals surface area contributed by atoms with E-state index in [2.05, 4.69) is 9.88 Å². The fourth-order valence-corrected chi connectivity index (χ4v) is 3.99. The Labute approximate surface area is 161 Å². The fourth-order valence-electron chi connectivity index (χ4n) is 3.99. The van der Waals surface area contributed by atoms with Crippen molar-refractivity contribution in [3.63, 3.8) is 0 Å². The van der Waals surface area contributed by atoms with Gasteiger partial charge in [0, 0.05) is 37.1 Å². The Morgan fingerprint density at radius 1 is 1.18 bits per heavy atom. The van der Waals surface area contributed by atoms with Crippen molar-refractivity contribution in [2.24, 2.45) is 5.92 Å². The van der Waals surface area contributed by atoms with Crippen molar-refractivity contribution in [2.75, 3.05) is 32.8 Å². The molecule has 1 saturated heterocycles. The summed E-state index contributed by atoms with van der Waals surface area (Å²) in [6.07, 6.45) is 2.11. The average molecular weight is 391 g/mol. The molecule has 1 N–H and O–H groups in total. The first kappa shape index (κ1) is 19.0. The number of likely N-dealkylation sites (tertiary alicyclic amines) is 1. The summed E-state index contributed by atoms with van der Waals surface area (Å²) in [5.74, 6) is -0.418. The summed E-state index contributed by atoms with van der Waals surface area (Å²) in [6.45, 7) is 3.32. The highest BCUT2D eigenvalue weighted by atomic mass is 19.1. The van der Waals surface area contributed by atoms with Gasteiger partial charge in [-0.15, -0.1) is 0 Å². The second kappa shape index (κ2) is 7.97. The van der Waals surface area contributed by atoms with Crippen LogP contribution in [0.4, 0.5) is 8.78 Å². The highest BCUT2D eigenvalue weighted by molar-refractivity contribution is 5.79. The van der Waals surface area contributed by atoms with Gasteiger partial charge in [-0.05, 0) is 38.1 Å². The maximum atomic E-state index is 13.5. The summed E-state index contributed by atoms with van der Waals surface area (Å²) < 4.78 is 32.6. The number of hydrogen-bond donors (Lipinski definition) is 1. The minimum absolute atomic E-state index is 0.0137. The molecule has 1 amide bonds. The maximum absolute atomic E-state index is 13.5. The highest BCUT2D eigenvalue weighted by Gasteiger charge is 2.32. The Morgan fingerprint density at radius 2 is 1.89 bits per heavy atom. The standard InChI is InChI=1S/C20H23F2N3O3/c21-15-9-14(10-16(22)11-15)19-23-17-12-25(6-3-18(17)28-19)20(27)13-1-4-24(5-2-13)7-8-26/h9-11,13,26H,1-8,12H2. The number of fused-ring (bicyclic) bond motifs is 1. The fraction of sp³-hybridized carbons (Fsp3) is 0.500. The van der Waals surface area contributed by atoms with Crippen molar-refractivity contribution in [3.8, 4) is 11.5 Å². The molecule has 2 aliphatic heterocycles. The summed E-state index contributed by atoms with van der Waals surface area (Å²) in [5.41, 5.74) is 0.901. The van der Waals surface area contributed by atoms with Crippen molar-refractivity contribution in [1.82, 2.24) is 14.8 Å². The quantitative estimate of drug-likeness (QED) is 0.866.